The highest BCUT2D eigenvalue weighted by atomic mass is 32.2. The molecule has 7 nitrogen and oxygen atoms in total. The number of pyridine rings is 1. The molecule has 216 valence electrons. The van der Waals surface area contributed by atoms with Crippen LogP contribution in [0.2, 0.25) is 0 Å². The molecule has 0 unspecified atom stereocenters. The molecule has 9 heteroatoms. The van der Waals surface area contributed by atoms with Crippen LogP contribution in [0.25, 0.3) is 11.0 Å². The fourth-order valence-electron chi connectivity index (χ4n) is 6.17. The van der Waals surface area contributed by atoms with Gasteiger partial charge in [0.25, 0.3) is 5.56 Å². The summed E-state index contributed by atoms with van der Waals surface area (Å²) in [6.45, 7) is 2.23. The number of nitrogens with one attached hydrogen (secondary N) is 1. The molecule has 3 heterocycles. The quantitative estimate of drug-likeness (QED) is 0.291. The van der Waals surface area contributed by atoms with Crippen LogP contribution in [0, 0.1) is 5.82 Å². The van der Waals surface area contributed by atoms with E-state index in [1.165, 1.54) is 55.6 Å². The van der Waals surface area contributed by atoms with Crippen molar-refractivity contribution >= 4 is 28.7 Å². The van der Waals surface area contributed by atoms with E-state index in [0.717, 1.165) is 56.2 Å². The van der Waals surface area contributed by atoms with Crippen LogP contribution in [0.3, 0.4) is 0 Å². The predicted octanol–water partition coefficient (Wildman–Crippen LogP) is 6.29. The molecule has 2 fully saturated rings. The zero-order valence-corrected chi connectivity index (χ0v) is 24.3. The molecule has 0 atom stereocenters. The van der Waals surface area contributed by atoms with Crippen molar-refractivity contribution in [2.75, 3.05) is 11.5 Å². The number of hydrogen-bond acceptors (Lipinski definition) is 5. The summed E-state index contributed by atoms with van der Waals surface area (Å²) in [7, 11) is 0. The van der Waals surface area contributed by atoms with Gasteiger partial charge in [-0.05, 0) is 62.5 Å². The van der Waals surface area contributed by atoms with Gasteiger partial charge in [-0.15, -0.1) is 0 Å². The van der Waals surface area contributed by atoms with Gasteiger partial charge in [0.05, 0.1) is 11.6 Å². The first-order valence-electron chi connectivity index (χ1n) is 15.2. The van der Waals surface area contributed by atoms with E-state index in [1.807, 2.05) is 11.8 Å². The number of nitrogens with zero attached hydrogens (tertiary/aromatic N) is 3. The van der Waals surface area contributed by atoms with Crippen LogP contribution in [0.1, 0.15) is 122 Å². The van der Waals surface area contributed by atoms with Crippen molar-refractivity contribution in [2.24, 2.45) is 0 Å². The number of unbranched alkanes of at least 4 members (excludes halogenated alkanes) is 8. The fourth-order valence-corrected chi connectivity index (χ4v) is 7.26. The fraction of sp³-hybridized carbons (Fsp3) is 0.733. The maximum absolute atomic E-state index is 14.1. The second kappa shape index (κ2) is 15.0. The van der Waals surface area contributed by atoms with Gasteiger partial charge in [-0.1, -0.05) is 58.3 Å². The summed E-state index contributed by atoms with van der Waals surface area (Å²) in [6.07, 6.45) is 17.0. The number of fused-ring (bicyclic) bond motifs is 1. The number of rotatable bonds is 13. The molecular formula is C30H45FN4O3S. The highest BCUT2D eigenvalue weighted by molar-refractivity contribution is 7.99. The zero-order chi connectivity index (χ0) is 27.6. The standard InChI is InChI=1S/C30H45FN4O3S/c1-2-3-4-5-6-7-8-9-10-11-27(36)33-23-12-14-24(15-13-23)35-29(37)26-20-22(31)21-32-28(26)34(30(35)38)25-16-18-39-19-17-25/h20-21,23-25H,2-19H2,1H3,(H,33,36). The summed E-state index contributed by atoms with van der Waals surface area (Å²) in [5.74, 6) is 1.42. The highest BCUT2D eigenvalue weighted by Crippen LogP contribution is 2.30. The maximum Gasteiger partial charge on any atom is 0.333 e. The van der Waals surface area contributed by atoms with Crippen molar-refractivity contribution < 1.29 is 9.18 Å². The first-order chi connectivity index (χ1) is 19.0. The van der Waals surface area contributed by atoms with E-state index >= 15 is 0 Å². The molecule has 0 aromatic carbocycles. The molecule has 1 amide bonds. The Bertz CT molecular complexity index is 1200. The molecule has 1 aliphatic carbocycles. The molecule has 0 radical (unpaired) electrons. The Morgan fingerprint density at radius 2 is 1.54 bits per heavy atom. The molecule has 1 saturated heterocycles. The molecule has 2 aliphatic rings. The number of carbonyl (C=O) groups excluding carboxylic acids is 1. The topological polar surface area (TPSA) is 86.0 Å². The summed E-state index contributed by atoms with van der Waals surface area (Å²) < 4.78 is 17.1. The highest BCUT2D eigenvalue weighted by Gasteiger charge is 2.29. The molecule has 4 rings (SSSR count). The molecule has 0 bridgehead atoms. The van der Waals surface area contributed by atoms with E-state index in [4.69, 9.17) is 0 Å². The van der Waals surface area contributed by atoms with Gasteiger partial charge in [0.2, 0.25) is 5.91 Å². The number of halogens is 1. The molecule has 1 saturated carbocycles. The van der Waals surface area contributed by atoms with E-state index in [0.29, 0.717) is 19.3 Å². The smallest absolute Gasteiger partial charge is 0.333 e. The summed E-state index contributed by atoms with van der Waals surface area (Å²) in [4.78, 5) is 43.8. The molecule has 1 aliphatic heterocycles. The Morgan fingerprint density at radius 3 is 2.21 bits per heavy atom. The first kappa shape index (κ1) is 29.8. The normalized spacial score (nSPS) is 20.4. The summed E-state index contributed by atoms with van der Waals surface area (Å²) in [6, 6.07) is 0.989. The maximum atomic E-state index is 14.1. The number of aromatic nitrogens is 3. The second-order valence-corrected chi connectivity index (χ2v) is 12.6. The van der Waals surface area contributed by atoms with Gasteiger partial charge in [0.15, 0.2) is 0 Å². The van der Waals surface area contributed by atoms with Crippen molar-refractivity contribution in [3.05, 3.63) is 38.9 Å². The van der Waals surface area contributed by atoms with Gasteiger partial charge in [-0.2, -0.15) is 11.8 Å². The van der Waals surface area contributed by atoms with E-state index in [9.17, 15) is 18.8 Å². The van der Waals surface area contributed by atoms with Crippen molar-refractivity contribution in [2.45, 2.75) is 128 Å². The van der Waals surface area contributed by atoms with E-state index in [-0.39, 0.29) is 40.8 Å². The van der Waals surface area contributed by atoms with Crippen molar-refractivity contribution in [3.8, 4) is 0 Å². The van der Waals surface area contributed by atoms with Crippen molar-refractivity contribution in [3.63, 3.8) is 0 Å². The Labute approximate surface area is 235 Å². The summed E-state index contributed by atoms with van der Waals surface area (Å²) in [5, 5.41) is 3.34. The van der Waals surface area contributed by atoms with Gasteiger partial charge >= 0.3 is 5.69 Å². The van der Waals surface area contributed by atoms with Gasteiger partial charge in [-0.25, -0.2) is 14.2 Å². The van der Waals surface area contributed by atoms with E-state index in [2.05, 4.69) is 17.2 Å². The Morgan fingerprint density at radius 1 is 0.923 bits per heavy atom. The number of carbonyl (C=O) groups is 1. The zero-order valence-electron chi connectivity index (χ0n) is 23.5. The SMILES string of the molecule is CCCCCCCCCCCC(=O)NC1CCC(n2c(=O)c3cc(F)cnc3n(C3CCSCC3)c2=O)CC1. The lowest BCUT2D eigenvalue weighted by Gasteiger charge is -2.31. The first-order valence-corrected chi connectivity index (χ1v) is 16.3. The Balaban J connectivity index is 1.32. The van der Waals surface area contributed by atoms with Crippen LogP contribution in [-0.4, -0.2) is 37.6 Å². The lowest BCUT2D eigenvalue weighted by atomic mass is 9.90. The Hall–Kier alpha value is -2.16. The van der Waals surface area contributed by atoms with Crippen LogP contribution in [0.15, 0.2) is 21.9 Å². The lowest BCUT2D eigenvalue weighted by Crippen LogP contribution is -2.46. The van der Waals surface area contributed by atoms with E-state index in [1.54, 1.807) is 4.57 Å². The number of thioether (sulfide) groups is 1. The third-order valence-corrected chi connectivity index (χ3v) is 9.46. The third kappa shape index (κ3) is 7.95. The Kier molecular flexibility index (Phi) is 11.5. The minimum Gasteiger partial charge on any atom is -0.353 e. The molecule has 2 aromatic rings. The molecular weight excluding hydrogens is 515 g/mol. The van der Waals surface area contributed by atoms with Crippen molar-refractivity contribution in [1.82, 2.24) is 19.4 Å². The van der Waals surface area contributed by atoms with Gasteiger partial charge < -0.3 is 5.32 Å². The number of hydrogen-bond donors (Lipinski definition) is 1. The lowest BCUT2D eigenvalue weighted by molar-refractivity contribution is -0.122. The van der Waals surface area contributed by atoms with Gasteiger partial charge in [-0.3, -0.25) is 18.7 Å². The molecule has 0 spiro atoms. The average Bonchev–Trinajstić information content (AvgIpc) is 2.94. The van der Waals surface area contributed by atoms with Crippen LogP contribution in [0.5, 0.6) is 0 Å². The molecule has 2 aromatic heterocycles. The summed E-state index contributed by atoms with van der Waals surface area (Å²) in [5.41, 5.74) is -0.500. The minimum absolute atomic E-state index is 0.0391. The van der Waals surface area contributed by atoms with Crippen LogP contribution in [0.4, 0.5) is 4.39 Å². The van der Waals surface area contributed by atoms with Gasteiger partial charge in [0.1, 0.15) is 11.5 Å². The largest absolute Gasteiger partial charge is 0.353 e. The van der Waals surface area contributed by atoms with Crippen LogP contribution >= 0.6 is 11.8 Å². The van der Waals surface area contributed by atoms with E-state index < -0.39 is 11.4 Å². The number of amides is 1. The van der Waals surface area contributed by atoms with Crippen LogP contribution in [-0.2, 0) is 4.79 Å². The summed E-state index contributed by atoms with van der Waals surface area (Å²) >= 11 is 1.86. The predicted molar refractivity (Wildman–Crippen MR) is 157 cm³/mol. The average molecular weight is 561 g/mol. The second-order valence-electron chi connectivity index (χ2n) is 11.3. The van der Waals surface area contributed by atoms with Crippen LogP contribution < -0.4 is 16.6 Å². The molecule has 1 N–H and O–H groups in total. The van der Waals surface area contributed by atoms with Crippen molar-refractivity contribution in [1.29, 1.82) is 0 Å². The monoisotopic (exact) mass is 560 g/mol. The molecule has 39 heavy (non-hydrogen) atoms. The third-order valence-electron chi connectivity index (χ3n) is 8.41. The van der Waals surface area contributed by atoms with Gasteiger partial charge in [0, 0.05) is 24.5 Å². The minimum atomic E-state index is -0.575.